The van der Waals surface area contributed by atoms with Gasteiger partial charge in [0.25, 0.3) is 0 Å². The van der Waals surface area contributed by atoms with Gasteiger partial charge in [0.15, 0.2) is 0 Å². The summed E-state index contributed by atoms with van der Waals surface area (Å²) in [5, 5.41) is 6.98. The highest BCUT2D eigenvalue weighted by Gasteiger charge is 2.31. The zero-order valence-corrected chi connectivity index (χ0v) is 18.7. The Labute approximate surface area is 193 Å². The molecule has 33 heavy (non-hydrogen) atoms. The highest BCUT2D eigenvalue weighted by molar-refractivity contribution is 6.33. The SMILES string of the molecule is CCCOc1ccccc1-c1nc(N(CC)c2ccc(C(F)(F)F)cc2Cl)nc2cn[nH]c12. The first kappa shape index (κ1) is 22.8. The topological polar surface area (TPSA) is 66.9 Å². The van der Waals surface area contributed by atoms with Gasteiger partial charge >= 0.3 is 6.18 Å². The van der Waals surface area contributed by atoms with Gasteiger partial charge in [0, 0.05) is 12.1 Å². The van der Waals surface area contributed by atoms with Crippen LogP contribution in [0.3, 0.4) is 0 Å². The molecule has 0 aliphatic carbocycles. The van der Waals surface area contributed by atoms with Crippen molar-refractivity contribution in [2.75, 3.05) is 18.1 Å². The van der Waals surface area contributed by atoms with Gasteiger partial charge < -0.3 is 9.64 Å². The van der Waals surface area contributed by atoms with Crippen LogP contribution in [0, 0.1) is 0 Å². The summed E-state index contributed by atoms with van der Waals surface area (Å²) in [5.74, 6) is 0.948. The Morgan fingerprint density at radius 3 is 2.58 bits per heavy atom. The van der Waals surface area contributed by atoms with E-state index in [-0.39, 0.29) is 11.0 Å². The van der Waals surface area contributed by atoms with Crippen LogP contribution in [0.15, 0.2) is 48.7 Å². The number of ether oxygens (including phenoxy) is 1. The van der Waals surface area contributed by atoms with Crippen molar-refractivity contribution in [1.82, 2.24) is 20.2 Å². The summed E-state index contributed by atoms with van der Waals surface area (Å²) < 4.78 is 45.2. The normalized spacial score (nSPS) is 11.7. The number of anilines is 2. The predicted molar refractivity (Wildman–Crippen MR) is 122 cm³/mol. The van der Waals surface area contributed by atoms with Gasteiger partial charge in [0.1, 0.15) is 22.5 Å². The molecule has 2 aromatic heterocycles. The molecule has 1 N–H and O–H groups in total. The minimum absolute atomic E-state index is 0.0456. The van der Waals surface area contributed by atoms with Crippen LogP contribution in [0.1, 0.15) is 25.8 Å². The standard InChI is InChI=1S/C23H21ClF3N5O/c1-3-11-33-19-8-6-5-7-15(19)20-21-17(13-28-31-21)29-22(30-20)32(4-2)18-10-9-14(12-16(18)24)23(25,26)27/h5-10,12-13H,3-4,11H2,1-2H3,(H,28,31). The Bertz CT molecular complexity index is 1270. The summed E-state index contributed by atoms with van der Waals surface area (Å²) >= 11 is 6.26. The number of rotatable bonds is 7. The molecule has 0 amide bonds. The zero-order chi connectivity index (χ0) is 23.6. The molecule has 2 aromatic carbocycles. The number of nitrogens with one attached hydrogen (secondary N) is 1. The Balaban J connectivity index is 1.85. The monoisotopic (exact) mass is 475 g/mol. The highest BCUT2D eigenvalue weighted by Crippen LogP contribution is 2.38. The third-order valence-corrected chi connectivity index (χ3v) is 5.32. The van der Waals surface area contributed by atoms with Gasteiger partial charge in [-0.15, -0.1) is 0 Å². The molecule has 0 unspecified atom stereocenters. The Morgan fingerprint density at radius 2 is 1.88 bits per heavy atom. The van der Waals surface area contributed by atoms with E-state index in [1.807, 2.05) is 38.1 Å². The van der Waals surface area contributed by atoms with E-state index in [4.69, 9.17) is 21.3 Å². The first-order chi connectivity index (χ1) is 15.8. The number of nitrogens with zero attached hydrogens (tertiary/aromatic N) is 4. The van der Waals surface area contributed by atoms with Gasteiger partial charge in [-0.25, -0.2) is 9.97 Å². The maximum atomic E-state index is 13.1. The third kappa shape index (κ3) is 4.59. The van der Waals surface area contributed by atoms with E-state index in [0.717, 1.165) is 24.1 Å². The van der Waals surface area contributed by atoms with E-state index >= 15 is 0 Å². The van der Waals surface area contributed by atoms with Gasteiger partial charge in [0.05, 0.1) is 29.1 Å². The van der Waals surface area contributed by atoms with Gasteiger partial charge in [0.2, 0.25) is 5.95 Å². The molecule has 172 valence electrons. The van der Waals surface area contributed by atoms with Crippen LogP contribution in [0.4, 0.5) is 24.8 Å². The summed E-state index contributed by atoms with van der Waals surface area (Å²) in [6.45, 7) is 4.78. The van der Waals surface area contributed by atoms with Crippen molar-refractivity contribution < 1.29 is 17.9 Å². The van der Waals surface area contributed by atoms with E-state index < -0.39 is 11.7 Å². The molecule has 10 heteroatoms. The van der Waals surface area contributed by atoms with Gasteiger partial charge in [-0.05, 0) is 43.7 Å². The second-order valence-electron chi connectivity index (χ2n) is 7.26. The number of hydrogen-bond donors (Lipinski definition) is 1. The van der Waals surface area contributed by atoms with Gasteiger partial charge in [-0.1, -0.05) is 30.7 Å². The Hall–Kier alpha value is -3.33. The lowest BCUT2D eigenvalue weighted by Gasteiger charge is -2.23. The minimum atomic E-state index is -4.49. The number of benzene rings is 2. The van der Waals surface area contributed by atoms with Crippen LogP contribution >= 0.6 is 11.6 Å². The smallest absolute Gasteiger partial charge is 0.416 e. The van der Waals surface area contributed by atoms with Crippen LogP contribution in [-0.2, 0) is 6.18 Å². The number of hydrogen-bond acceptors (Lipinski definition) is 5. The maximum absolute atomic E-state index is 13.1. The average Bonchev–Trinajstić information content (AvgIpc) is 3.27. The molecule has 0 aliphatic rings. The quantitative estimate of drug-likeness (QED) is 0.324. The van der Waals surface area contributed by atoms with Crippen LogP contribution in [0.5, 0.6) is 5.75 Å². The largest absolute Gasteiger partial charge is 0.493 e. The minimum Gasteiger partial charge on any atom is -0.493 e. The van der Waals surface area contributed by atoms with Crippen LogP contribution in [-0.4, -0.2) is 33.3 Å². The second-order valence-corrected chi connectivity index (χ2v) is 7.66. The van der Waals surface area contributed by atoms with Gasteiger partial charge in [-0.2, -0.15) is 18.3 Å². The summed E-state index contributed by atoms with van der Waals surface area (Å²) in [6, 6.07) is 10.7. The Morgan fingerprint density at radius 1 is 1.09 bits per heavy atom. The van der Waals surface area contributed by atoms with E-state index in [9.17, 15) is 13.2 Å². The molecule has 0 aliphatic heterocycles. The molecule has 0 spiro atoms. The number of H-pyrrole nitrogens is 1. The van der Waals surface area contributed by atoms with Crippen molar-refractivity contribution in [3.05, 3.63) is 59.2 Å². The number of fused-ring (bicyclic) bond motifs is 1. The average molecular weight is 476 g/mol. The molecular formula is C23H21ClF3N5O. The first-order valence-corrected chi connectivity index (χ1v) is 10.8. The Kier molecular flexibility index (Phi) is 6.42. The van der Waals surface area contributed by atoms with E-state index in [1.165, 1.54) is 6.07 Å². The molecule has 6 nitrogen and oxygen atoms in total. The lowest BCUT2D eigenvalue weighted by atomic mass is 10.1. The molecule has 2 heterocycles. The molecule has 0 saturated carbocycles. The van der Waals surface area contributed by atoms with Crippen LogP contribution in [0.25, 0.3) is 22.3 Å². The summed E-state index contributed by atoms with van der Waals surface area (Å²) in [4.78, 5) is 11.0. The molecule has 0 fully saturated rings. The van der Waals surface area contributed by atoms with Crippen LogP contribution in [0.2, 0.25) is 5.02 Å². The summed E-state index contributed by atoms with van der Waals surface area (Å²) in [7, 11) is 0. The molecule has 0 radical (unpaired) electrons. The predicted octanol–water partition coefficient (Wildman–Crippen LogP) is 6.64. The van der Waals surface area contributed by atoms with Crippen molar-refractivity contribution in [3.63, 3.8) is 0 Å². The highest BCUT2D eigenvalue weighted by atomic mass is 35.5. The number of aromatic amines is 1. The number of aromatic nitrogens is 4. The van der Waals surface area contributed by atoms with E-state index in [0.29, 0.717) is 41.3 Å². The van der Waals surface area contributed by atoms with Crippen LogP contribution < -0.4 is 9.64 Å². The number of halogens is 4. The molecule has 0 atom stereocenters. The first-order valence-electron chi connectivity index (χ1n) is 10.4. The summed E-state index contributed by atoms with van der Waals surface area (Å²) in [5.41, 5.74) is 2.06. The zero-order valence-electron chi connectivity index (χ0n) is 17.9. The van der Waals surface area contributed by atoms with E-state index in [1.54, 1.807) is 11.1 Å². The lowest BCUT2D eigenvalue weighted by Crippen LogP contribution is -2.20. The van der Waals surface area contributed by atoms with Crippen molar-refractivity contribution in [2.24, 2.45) is 0 Å². The molecule has 4 rings (SSSR count). The van der Waals surface area contributed by atoms with Gasteiger partial charge in [-0.3, -0.25) is 5.10 Å². The maximum Gasteiger partial charge on any atom is 0.416 e. The molecular weight excluding hydrogens is 455 g/mol. The fraction of sp³-hybridized carbons (Fsp3) is 0.261. The molecule has 4 aromatic rings. The van der Waals surface area contributed by atoms with Crippen molar-refractivity contribution in [2.45, 2.75) is 26.4 Å². The number of para-hydroxylation sites is 1. The second kappa shape index (κ2) is 9.27. The molecule has 0 bridgehead atoms. The number of alkyl halides is 3. The fourth-order valence-corrected chi connectivity index (χ4v) is 3.75. The van der Waals surface area contributed by atoms with Crippen molar-refractivity contribution >= 4 is 34.3 Å². The summed E-state index contributed by atoms with van der Waals surface area (Å²) in [6.07, 6.45) is -2.07. The van der Waals surface area contributed by atoms with Crippen molar-refractivity contribution in [1.29, 1.82) is 0 Å². The third-order valence-electron chi connectivity index (χ3n) is 5.02. The molecule has 0 saturated heterocycles. The fourth-order valence-electron chi connectivity index (χ4n) is 3.46. The van der Waals surface area contributed by atoms with Crippen molar-refractivity contribution in [3.8, 4) is 17.0 Å². The van der Waals surface area contributed by atoms with E-state index in [2.05, 4.69) is 15.2 Å². The lowest BCUT2D eigenvalue weighted by molar-refractivity contribution is -0.137.